The topological polar surface area (TPSA) is 129 Å². The molecule has 0 radical (unpaired) electrons. The number of aliphatic carboxylic acids is 1. The Kier molecular flexibility index (Phi) is 5.79. The number of aromatic amines is 2. The third-order valence-electron chi connectivity index (χ3n) is 1.78. The number of nitrogens with two attached hydrogens (primary N) is 1. The summed E-state index contributed by atoms with van der Waals surface area (Å²) in [6.07, 6.45) is 1.38. The van der Waals surface area contributed by atoms with Crippen molar-refractivity contribution in [3.05, 3.63) is 32.6 Å². The van der Waals surface area contributed by atoms with Crippen molar-refractivity contribution >= 4 is 5.97 Å². The zero-order valence-electron chi connectivity index (χ0n) is 9.11. The maximum absolute atomic E-state index is 10.6. The molecule has 0 saturated carbocycles. The van der Waals surface area contributed by atoms with E-state index in [0.29, 0.717) is 5.56 Å². The number of carbonyl (C=O) groups is 1. The maximum atomic E-state index is 10.6. The molecule has 5 N–H and O–H groups in total. The number of carboxylic acid groups (broad SMARTS) is 1. The van der Waals surface area contributed by atoms with Crippen LogP contribution in [0.4, 0.5) is 0 Å². The van der Waals surface area contributed by atoms with Gasteiger partial charge < -0.3 is 15.8 Å². The molecule has 7 nitrogen and oxygen atoms in total. The van der Waals surface area contributed by atoms with Crippen LogP contribution >= 0.6 is 0 Å². The van der Waals surface area contributed by atoms with Gasteiger partial charge in [-0.3, -0.25) is 14.6 Å². The van der Waals surface area contributed by atoms with Gasteiger partial charge in [0.05, 0.1) is 5.92 Å². The molecule has 0 saturated heterocycles. The van der Waals surface area contributed by atoms with E-state index in [2.05, 4.69) is 9.97 Å². The molecule has 0 amide bonds. The molecule has 7 heteroatoms. The monoisotopic (exact) mass is 229 g/mol. The average Bonchev–Trinajstić information content (AvgIpc) is 2.23. The van der Waals surface area contributed by atoms with Crippen LogP contribution in [0.15, 0.2) is 15.8 Å². The first-order valence-corrected chi connectivity index (χ1v) is 4.60. The summed E-state index contributed by atoms with van der Waals surface area (Å²) < 4.78 is 0. The third-order valence-corrected chi connectivity index (χ3v) is 1.78. The van der Waals surface area contributed by atoms with Gasteiger partial charge in [0.15, 0.2) is 0 Å². The molecule has 1 aromatic heterocycles. The lowest BCUT2D eigenvalue weighted by molar-refractivity contribution is -0.140. The first-order valence-electron chi connectivity index (χ1n) is 4.60. The Morgan fingerprint density at radius 2 is 2.12 bits per heavy atom. The van der Waals surface area contributed by atoms with Crippen molar-refractivity contribution in [2.75, 3.05) is 6.54 Å². The SMILES string of the molecule is CC(CN)C(=O)O.Cc1c[nH]c(=O)[nH]c1=O. The number of hydrogen-bond acceptors (Lipinski definition) is 4. The molecule has 90 valence electrons. The van der Waals surface area contributed by atoms with Gasteiger partial charge in [0.2, 0.25) is 0 Å². The predicted octanol–water partition coefficient (Wildman–Crippen LogP) is -0.963. The second-order valence-electron chi connectivity index (χ2n) is 3.23. The minimum atomic E-state index is -0.831. The highest BCUT2D eigenvalue weighted by Crippen LogP contribution is 1.87. The van der Waals surface area contributed by atoms with Crippen LogP contribution in [0.25, 0.3) is 0 Å². The zero-order valence-corrected chi connectivity index (χ0v) is 9.11. The van der Waals surface area contributed by atoms with Crippen LogP contribution in [0.3, 0.4) is 0 Å². The molecule has 0 aromatic carbocycles. The van der Waals surface area contributed by atoms with Gasteiger partial charge in [-0.2, -0.15) is 0 Å². The number of aromatic nitrogens is 2. The molecule has 1 heterocycles. The van der Waals surface area contributed by atoms with Gasteiger partial charge >= 0.3 is 11.7 Å². The summed E-state index contributed by atoms with van der Waals surface area (Å²) in [6.45, 7) is 3.41. The van der Waals surface area contributed by atoms with Crippen LogP contribution < -0.4 is 17.0 Å². The summed E-state index contributed by atoms with van der Waals surface area (Å²) in [5.74, 6) is -1.23. The normalized spacial score (nSPS) is 11.2. The van der Waals surface area contributed by atoms with E-state index in [0.717, 1.165) is 0 Å². The van der Waals surface area contributed by atoms with Crippen LogP contribution in [0.2, 0.25) is 0 Å². The van der Waals surface area contributed by atoms with Gasteiger partial charge in [0.1, 0.15) is 0 Å². The summed E-state index contributed by atoms with van der Waals surface area (Å²) in [5.41, 5.74) is 4.70. The number of H-pyrrole nitrogens is 2. The molecular formula is C9H15N3O4. The number of hydrogen-bond donors (Lipinski definition) is 4. The van der Waals surface area contributed by atoms with Gasteiger partial charge in [0, 0.05) is 18.3 Å². The van der Waals surface area contributed by atoms with E-state index in [4.69, 9.17) is 10.8 Å². The Hall–Kier alpha value is -1.89. The van der Waals surface area contributed by atoms with Crippen molar-refractivity contribution < 1.29 is 9.90 Å². The van der Waals surface area contributed by atoms with Crippen molar-refractivity contribution in [1.82, 2.24) is 9.97 Å². The molecule has 1 rings (SSSR count). The van der Waals surface area contributed by atoms with Crippen LogP contribution in [-0.2, 0) is 4.79 Å². The largest absolute Gasteiger partial charge is 0.481 e. The fourth-order valence-corrected chi connectivity index (χ4v) is 0.578. The highest BCUT2D eigenvalue weighted by molar-refractivity contribution is 5.69. The van der Waals surface area contributed by atoms with Crippen molar-refractivity contribution in [2.24, 2.45) is 11.7 Å². The van der Waals surface area contributed by atoms with Crippen molar-refractivity contribution in [1.29, 1.82) is 0 Å². The fourth-order valence-electron chi connectivity index (χ4n) is 0.578. The number of carboxylic acids is 1. The first-order chi connectivity index (χ1) is 7.38. The van der Waals surface area contributed by atoms with Crippen molar-refractivity contribution in [3.63, 3.8) is 0 Å². The van der Waals surface area contributed by atoms with Gasteiger partial charge in [-0.05, 0) is 6.92 Å². The van der Waals surface area contributed by atoms with Gasteiger partial charge in [0.25, 0.3) is 5.56 Å². The molecule has 0 aliphatic heterocycles. The average molecular weight is 229 g/mol. The summed E-state index contributed by atoms with van der Waals surface area (Å²) in [7, 11) is 0. The Bertz CT molecular complexity index is 449. The molecule has 0 bridgehead atoms. The van der Waals surface area contributed by atoms with E-state index in [-0.39, 0.29) is 12.1 Å². The summed E-state index contributed by atoms with van der Waals surface area (Å²) in [5, 5.41) is 8.10. The molecular weight excluding hydrogens is 214 g/mol. The molecule has 16 heavy (non-hydrogen) atoms. The zero-order chi connectivity index (χ0) is 12.7. The molecule has 0 fully saturated rings. The van der Waals surface area contributed by atoms with E-state index < -0.39 is 17.6 Å². The lowest BCUT2D eigenvalue weighted by atomic mass is 10.2. The maximum Gasteiger partial charge on any atom is 0.325 e. The number of nitrogens with one attached hydrogen (secondary N) is 2. The van der Waals surface area contributed by atoms with Crippen LogP contribution in [0.1, 0.15) is 12.5 Å². The Balaban J connectivity index is 0.000000293. The van der Waals surface area contributed by atoms with Gasteiger partial charge in [-0.15, -0.1) is 0 Å². The predicted molar refractivity (Wildman–Crippen MR) is 58.3 cm³/mol. The van der Waals surface area contributed by atoms with E-state index in [9.17, 15) is 14.4 Å². The highest BCUT2D eigenvalue weighted by atomic mass is 16.4. The van der Waals surface area contributed by atoms with Crippen LogP contribution in [0.5, 0.6) is 0 Å². The summed E-state index contributed by atoms with van der Waals surface area (Å²) >= 11 is 0. The molecule has 1 unspecified atom stereocenters. The lowest BCUT2D eigenvalue weighted by Gasteiger charge is -1.96. The summed E-state index contributed by atoms with van der Waals surface area (Å²) in [4.78, 5) is 35.1. The second-order valence-corrected chi connectivity index (χ2v) is 3.23. The van der Waals surface area contributed by atoms with E-state index in [1.54, 1.807) is 13.8 Å². The number of aryl methyl sites for hydroxylation is 1. The molecule has 0 aliphatic rings. The van der Waals surface area contributed by atoms with E-state index in [1.165, 1.54) is 6.20 Å². The standard InChI is InChI=1S/C5H6N2O2.C4H9NO2/c1-3-2-6-5(9)7-4(3)8;1-3(2-5)4(6)7/h2H,1H3,(H2,6,7,8,9);3H,2,5H2,1H3,(H,6,7). The quantitative estimate of drug-likeness (QED) is 0.519. The van der Waals surface area contributed by atoms with Crippen molar-refractivity contribution in [3.8, 4) is 0 Å². The number of rotatable bonds is 2. The third kappa shape index (κ3) is 5.11. The first kappa shape index (κ1) is 14.1. The molecule has 1 aromatic rings. The van der Waals surface area contributed by atoms with Crippen molar-refractivity contribution in [2.45, 2.75) is 13.8 Å². The Labute approximate surface area is 91.3 Å². The van der Waals surface area contributed by atoms with E-state index in [1.807, 2.05) is 0 Å². The molecule has 0 spiro atoms. The molecule has 0 aliphatic carbocycles. The fraction of sp³-hybridized carbons (Fsp3) is 0.444. The van der Waals surface area contributed by atoms with Crippen LogP contribution in [0, 0.1) is 12.8 Å². The van der Waals surface area contributed by atoms with Gasteiger partial charge in [-0.25, -0.2) is 4.79 Å². The van der Waals surface area contributed by atoms with Gasteiger partial charge in [-0.1, -0.05) is 6.92 Å². The Morgan fingerprint density at radius 3 is 2.38 bits per heavy atom. The minimum absolute atomic E-state index is 0.218. The highest BCUT2D eigenvalue weighted by Gasteiger charge is 2.05. The molecule has 1 atom stereocenters. The lowest BCUT2D eigenvalue weighted by Crippen LogP contribution is -2.22. The second kappa shape index (κ2) is 6.57. The Morgan fingerprint density at radius 1 is 1.56 bits per heavy atom. The minimum Gasteiger partial charge on any atom is -0.481 e. The smallest absolute Gasteiger partial charge is 0.325 e. The summed E-state index contributed by atoms with van der Waals surface area (Å²) in [6, 6.07) is 0. The van der Waals surface area contributed by atoms with E-state index >= 15 is 0 Å². The van der Waals surface area contributed by atoms with Crippen LogP contribution in [-0.4, -0.2) is 27.6 Å².